The average molecular weight is 876 g/mol. The Bertz CT molecular complexity index is 924. The number of esters is 1. The minimum absolute atomic E-state index is 0.0157. The molecule has 0 rings (SSSR count). The SMILES string of the molecule is CCCCCCCCC/C=C/C(O)C(CO)NC(=O)CCCCCCCCCCCCCCCCCCCCCCCCCCOC(=O)CCCCCCCCCCCCCC. The Morgan fingerprint density at radius 1 is 0.435 bits per heavy atom. The van der Waals surface area contributed by atoms with Gasteiger partial charge in [-0.25, -0.2) is 0 Å². The third kappa shape index (κ3) is 48.1. The number of rotatable bonds is 52. The fraction of sp³-hybridized carbons (Fsp3) is 0.929. The standard InChI is InChI=1S/C56H109NO5/c1-3-5-7-9-11-13-14-30-34-38-42-46-50-56(61)62-51-47-43-39-35-31-28-26-24-22-20-18-16-15-17-19-21-23-25-27-29-33-37-41-45-49-55(60)57-53(52-58)54(59)48-44-40-36-32-12-10-8-6-4-2/h44,48,53-54,58-59H,3-43,45-47,49-52H2,1-2H3,(H,57,60)/b48-44+. The van der Waals surface area contributed by atoms with Gasteiger partial charge in [-0.15, -0.1) is 0 Å². The summed E-state index contributed by atoms with van der Waals surface area (Å²) in [6.45, 7) is 4.89. The van der Waals surface area contributed by atoms with E-state index in [1.54, 1.807) is 6.08 Å². The fourth-order valence-electron chi connectivity index (χ4n) is 8.75. The van der Waals surface area contributed by atoms with Crippen LogP contribution in [0.2, 0.25) is 0 Å². The molecule has 368 valence electrons. The highest BCUT2D eigenvalue weighted by Crippen LogP contribution is 2.17. The van der Waals surface area contributed by atoms with Crippen LogP contribution in [0.3, 0.4) is 0 Å². The predicted molar refractivity (Wildman–Crippen MR) is 269 cm³/mol. The van der Waals surface area contributed by atoms with Crippen molar-refractivity contribution in [3.63, 3.8) is 0 Å². The Morgan fingerprint density at radius 3 is 1.10 bits per heavy atom. The zero-order chi connectivity index (χ0) is 45.1. The summed E-state index contributed by atoms with van der Waals surface area (Å²) in [6, 6.07) is -0.623. The molecule has 2 unspecified atom stereocenters. The smallest absolute Gasteiger partial charge is 0.305 e. The molecule has 0 saturated heterocycles. The molecule has 0 aliphatic rings. The van der Waals surface area contributed by atoms with Crippen molar-refractivity contribution in [2.24, 2.45) is 0 Å². The van der Waals surface area contributed by atoms with Gasteiger partial charge in [0.1, 0.15) is 0 Å². The van der Waals surface area contributed by atoms with Gasteiger partial charge in [0.05, 0.1) is 25.4 Å². The van der Waals surface area contributed by atoms with E-state index in [0.717, 1.165) is 38.5 Å². The van der Waals surface area contributed by atoms with Crippen molar-refractivity contribution in [2.75, 3.05) is 13.2 Å². The summed E-state index contributed by atoms with van der Waals surface area (Å²) in [5.41, 5.74) is 0. The first-order valence-corrected chi connectivity index (χ1v) is 28.0. The molecule has 62 heavy (non-hydrogen) atoms. The Balaban J connectivity index is 3.34. The lowest BCUT2D eigenvalue weighted by molar-refractivity contribution is -0.143. The zero-order valence-corrected chi connectivity index (χ0v) is 41.9. The highest BCUT2D eigenvalue weighted by molar-refractivity contribution is 5.76. The number of carbonyl (C=O) groups excluding carboxylic acids is 2. The van der Waals surface area contributed by atoms with E-state index in [4.69, 9.17) is 4.74 Å². The van der Waals surface area contributed by atoms with E-state index >= 15 is 0 Å². The number of hydrogen-bond donors (Lipinski definition) is 3. The lowest BCUT2D eigenvalue weighted by atomic mass is 10.0. The normalized spacial score (nSPS) is 12.6. The molecule has 0 aliphatic carbocycles. The maximum Gasteiger partial charge on any atom is 0.305 e. The largest absolute Gasteiger partial charge is 0.466 e. The molecule has 1 amide bonds. The summed E-state index contributed by atoms with van der Waals surface area (Å²) in [5.74, 6) is -0.0530. The lowest BCUT2D eigenvalue weighted by Crippen LogP contribution is -2.45. The second kappa shape index (κ2) is 52.2. The molecule has 0 spiro atoms. The number of amides is 1. The number of allylic oxidation sites excluding steroid dienone is 1. The van der Waals surface area contributed by atoms with Crippen LogP contribution in [0.5, 0.6) is 0 Å². The number of unbranched alkanes of at least 4 members (excludes halogenated alkanes) is 41. The minimum atomic E-state index is -0.840. The van der Waals surface area contributed by atoms with Crippen LogP contribution in [0.25, 0.3) is 0 Å². The lowest BCUT2D eigenvalue weighted by Gasteiger charge is -2.20. The number of aliphatic hydroxyl groups excluding tert-OH is 2. The van der Waals surface area contributed by atoms with E-state index in [1.807, 2.05) is 6.08 Å². The number of nitrogens with one attached hydrogen (secondary N) is 1. The molecule has 0 radical (unpaired) electrons. The molecule has 0 bridgehead atoms. The van der Waals surface area contributed by atoms with Crippen LogP contribution in [0.15, 0.2) is 12.2 Å². The maximum atomic E-state index is 12.4. The molecule has 0 aromatic heterocycles. The second-order valence-electron chi connectivity index (χ2n) is 19.3. The molecule has 6 nitrogen and oxygen atoms in total. The number of aliphatic hydroxyl groups is 2. The Labute approximate surface area is 387 Å². The van der Waals surface area contributed by atoms with Gasteiger partial charge >= 0.3 is 5.97 Å². The van der Waals surface area contributed by atoms with Crippen molar-refractivity contribution >= 4 is 11.9 Å². The van der Waals surface area contributed by atoms with Crippen molar-refractivity contribution in [3.8, 4) is 0 Å². The molecule has 0 aliphatic heterocycles. The van der Waals surface area contributed by atoms with Gasteiger partial charge in [0.15, 0.2) is 0 Å². The minimum Gasteiger partial charge on any atom is -0.466 e. The molecular formula is C56H109NO5. The predicted octanol–water partition coefficient (Wildman–Crippen LogP) is 16.9. The van der Waals surface area contributed by atoms with Gasteiger partial charge < -0.3 is 20.3 Å². The van der Waals surface area contributed by atoms with Gasteiger partial charge in [0.2, 0.25) is 5.91 Å². The monoisotopic (exact) mass is 876 g/mol. The van der Waals surface area contributed by atoms with Crippen molar-refractivity contribution in [1.82, 2.24) is 5.32 Å². The van der Waals surface area contributed by atoms with E-state index < -0.39 is 12.1 Å². The van der Waals surface area contributed by atoms with Gasteiger partial charge in [-0.05, 0) is 32.1 Å². The number of carbonyl (C=O) groups is 2. The maximum absolute atomic E-state index is 12.4. The van der Waals surface area contributed by atoms with Crippen molar-refractivity contribution in [2.45, 2.75) is 321 Å². The first-order chi connectivity index (χ1) is 30.5. The topological polar surface area (TPSA) is 95.9 Å². The molecule has 6 heteroatoms. The van der Waals surface area contributed by atoms with Crippen molar-refractivity contribution < 1.29 is 24.5 Å². The van der Waals surface area contributed by atoms with E-state index in [0.29, 0.717) is 19.4 Å². The number of hydrogen-bond acceptors (Lipinski definition) is 5. The molecule has 0 heterocycles. The molecule has 3 N–H and O–H groups in total. The first-order valence-electron chi connectivity index (χ1n) is 28.0. The van der Waals surface area contributed by atoms with Gasteiger partial charge in [0.25, 0.3) is 0 Å². The highest BCUT2D eigenvalue weighted by atomic mass is 16.5. The summed E-state index contributed by atoms with van der Waals surface area (Å²) in [6.07, 6.45) is 61.0. The molecule has 0 fully saturated rings. The Hall–Kier alpha value is -1.40. The fourth-order valence-corrected chi connectivity index (χ4v) is 8.75. The zero-order valence-electron chi connectivity index (χ0n) is 41.9. The summed E-state index contributed by atoms with van der Waals surface area (Å²) < 4.78 is 5.47. The third-order valence-corrected chi connectivity index (χ3v) is 13.1. The number of ether oxygens (including phenoxy) is 1. The van der Waals surface area contributed by atoms with Crippen molar-refractivity contribution in [3.05, 3.63) is 12.2 Å². The molecule has 0 aromatic carbocycles. The summed E-state index contributed by atoms with van der Waals surface area (Å²) in [7, 11) is 0. The van der Waals surface area contributed by atoms with E-state index in [2.05, 4.69) is 19.2 Å². The Kier molecular flexibility index (Phi) is 51.0. The summed E-state index contributed by atoms with van der Waals surface area (Å²) in [5, 5.41) is 22.9. The van der Waals surface area contributed by atoms with E-state index in [-0.39, 0.29) is 18.5 Å². The van der Waals surface area contributed by atoms with E-state index in [1.165, 1.54) is 244 Å². The molecule has 0 aromatic rings. The third-order valence-electron chi connectivity index (χ3n) is 13.1. The van der Waals surface area contributed by atoms with Gasteiger partial charge in [-0.2, -0.15) is 0 Å². The second-order valence-corrected chi connectivity index (χ2v) is 19.3. The van der Waals surface area contributed by atoms with Crippen LogP contribution in [0.1, 0.15) is 309 Å². The Morgan fingerprint density at radius 2 is 0.742 bits per heavy atom. The van der Waals surface area contributed by atoms with Gasteiger partial charge in [-0.3, -0.25) is 9.59 Å². The van der Waals surface area contributed by atoms with Crippen LogP contribution in [0.4, 0.5) is 0 Å². The van der Waals surface area contributed by atoms with Crippen LogP contribution in [-0.4, -0.2) is 47.4 Å². The molecule has 2 atom stereocenters. The van der Waals surface area contributed by atoms with Crippen LogP contribution >= 0.6 is 0 Å². The summed E-state index contributed by atoms with van der Waals surface area (Å²) >= 11 is 0. The van der Waals surface area contributed by atoms with Crippen LogP contribution < -0.4 is 5.32 Å². The van der Waals surface area contributed by atoms with Crippen LogP contribution in [-0.2, 0) is 14.3 Å². The van der Waals surface area contributed by atoms with Gasteiger partial charge in [-0.1, -0.05) is 276 Å². The van der Waals surface area contributed by atoms with Crippen molar-refractivity contribution in [1.29, 1.82) is 0 Å². The molecular weight excluding hydrogens is 767 g/mol. The molecule has 0 saturated carbocycles. The quantitative estimate of drug-likeness (QED) is 0.0321. The average Bonchev–Trinajstić information content (AvgIpc) is 3.27. The highest BCUT2D eigenvalue weighted by Gasteiger charge is 2.18. The van der Waals surface area contributed by atoms with Gasteiger partial charge in [0, 0.05) is 12.8 Å². The van der Waals surface area contributed by atoms with E-state index in [9.17, 15) is 19.8 Å². The first kappa shape index (κ1) is 60.6. The summed E-state index contributed by atoms with van der Waals surface area (Å²) in [4.78, 5) is 24.4. The van der Waals surface area contributed by atoms with Crippen LogP contribution in [0, 0.1) is 0 Å².